The summed E-state index contributed by atoms with van der Waals surface area (Å²) in [7, 11) is 0. The van der Waals surface area contributed by atoms with Crippen LogP contribution in [-0.2, 0) is 0 Å². The van der Waals surface area contributed by atoms with Crippen LogP contribution < -0.4 is 5.30 Å². The first kappa shape index (κ1) is 11.7. The number of rotatable bonds is 2. The maximum atomic E-state index is 4.58. The standard InChI is InChI=1S/C15H21P/c1-4-14-8-9-15(12-13(14)2)16(3)10-6-5-7-11-16/h4,8-9,12H,1,3,5-7,10-11H2,2H3. The molecule has 1 aromatic carbocycles. The molecule has 1 heteroatoms. The minimum Gasteiger partial charge on any atom is -0.0985 e. The van der Waals surface area contributed by atoms with E-state index in [1.807, 2.05) is 6.08 Å². The largest absolute Gasteiger partial charge is 0.0985 e. The minimum absolute atomic E-state index is 1.06. The van der Waals surface area contributed by atoms with Gasteiger partial charge in [-0.3, -0.25) is 0 Å². The average Bonchev–Trinajstić information content (AvgIpc) is 2.30. The Morgan fingerprint density at radius 3 is 2.44 bits per heavy atom. The van der Waals surface area contributed by atoms with Gasteiger partial charge in [0.2, 0.25) is 0 Å². The van der Waals surface area contributed by atoms with Crippen molar-refractivity contribution in [1.29, 1.82) is 0 Å². The fourth-order valence-corrected chi connectivity index (χ4v) is 5.82. The van der Waals surface area contributed by atoms with E-state index in [0.29, 0.717) is 0 Å². The molecule has 0 aromatic heterocycles. The zero-order valence-electron chi connectivity index (χ0n) is 10.2. The number of benzene rings is 1. The molecule has 1 aromatic rings. The van der Waals surface area contributed by atoms with Crippen LogP contribution >= 0.6 is 6.89 Å². The second-order valence-corrected chi connectivity index (χ2v) is 8.60. The van der Waals surface area contributed by atoms with Gasteiger partial charge < -0.3 is 0 Å². The van der Waals surface area contributed by atoms with Crippen LogP contribution in [-0.4, -0.2) is 18.6 Å². The highest BCUT2D eigenvalue weighted by molar-refractivity contribution is 7.80. The maximum Gasteiger partial charge on any atom is -0.0233 e. The molecule has 86 valence electrons. The Labute approximate surface area is 99.4 Å². The third-order valence-corrected chi connectivity index (χ3v) is 7.41. The monoisotopic (exact) mass is 232 g/mol. The summed E-state index contributed by atoms with van der Waals surface area (Å²) >= 11 is 0. The van der Waals surface area contributed by atoms with Crippen molar-refractivity contribution in [1.82, 2.24) is 0 Å². The lowest BCUT2D eigenvalue weighted by molar-refractivity contribution is 0.754. The van der Waals surface area contributed by atoms with Gasteiger partial charge in [0.1, 0.15) is 0 Å². The van der Waals surface area contributed by atoms with Gasteiger partial charge in [0.05, 0.1) is 0 Å². The molecule has 0 spiro atoms. The van der Waals surface area contributed by atoms with Gasteiger partial charge in [-0.05, 0) is 48.5 Å². The minimum atomic E-state index is -1.06. The Bertz CT molecular complexity index is 433. The lowest BCUT2D eigenvalue weighted by atomic mass is 10.1. The molecule has 0 radical (unpaired) electrons. The molecular weight excluding hydrogens is 211 g/mol. The third kappa shape index (κ3) is 2.18. The summed E-state index contributed by atoms with van der Waals surface area (Å²) in [5, 5.41) is 1.52. The van der Waals surface area contributed by atoms with Crippen molar-refractivity contribution in [3.05, 3.63) is 35.9 Å². The summed E-state index contributed by atoms with van der Waals surface area (Å²) in [4.78, 5) is 0. The van der Waals surface area contributed by atoms with Gasteiger partial charge in [0.25, 0.3) is 0 Å². The Morgan fingerprint density at radius 2 is 1.88 bits per heavy atom. The van der Waals surface area contributed by atoms with E-state index in [9.17, 15) is 0 Å². The van der Waals surface area contributed by atoms with Crippen LogP contribution in [0.3, 0.4) is 0 Å². The smallest absolute Gasteiger partial charge is 0.0233 e. The highest BCUT2D eigenvalue weighted by Crippen LogP contribution is 2.48. The van der Waals surface area contributed by atoms with E-state index >= 15 is 0 Å². The maximum absolute atomic E-state index is 4.58. The van der Waals surface area contributed by atoms with Gasteiger partial charge >= 0.3 is 0 Å². The van der Waals surface area contributed by atoms with Crippen LogP contribution in [0.15, 0.2) is 24.8 Å². The molecule has 0 amide bonds. The van der Waals surface area contributed by atoms with E-state index < -0.39 is 6.89 Å². The normalized spacial score (nSPS) is 19.3. The first-order valence-corrected chi connectivity index (χ1v) is 8.45. The summed E-state index contributed by atoms with van der Waals surface area (Å²) in [6.45, 7) is 4.96. The molecule has 16 heavy (non-hydrogen) atoms. The molecule has 1 fully saturated rings. The van der Waals surface area contributed by atoms with Gasteiger partial charge in [-0.2, -0.15) is 0 Å². The van der Waals surface area contributed by atoms with Gasteiger partial charge in [-0.25, -0.2) is 0 Å². The number of aryl methyl sites for hydroxylation is 1. The predicted octanol–water partition coefficient (Wildman–Crippen LogP) is 3.90. The van der Waals surface area contributed by atoms with Crippen molar-refractivity contribution < 1.29 is 0 Å². The quantitative estimate of drug-likeness (QED) is 0.678. The summed E-state index contributed by atoms with van der Waals surface area (Å²) in [6, 6.07) is 6.85. The van der Waals surface area contributed by atoms with Crippen LogP contribution in [0, 0.1) is 6.92 Å². The van der Waals surface area contributed by atoms with E-state index in [2.05, 4.69) is 38.0 Å². The molecule has 1 saturated heterocycles. The molecular formula is C15H21P. The highest BCUT2D eigenvalue weighted by atomic mass is 31.2. The van der Waals surface area contributed by atoms with Crippen molar-refractivity contribution in [2.24, 2.45) is 0 Å². The number of hydrogen-bond donors (Lipinski definition) is 0. The van der Waals surface area contributed by atoms with Gasteiger partial charge in [0, 0.05) is 0 Å². The molecule has 0 unspecified atom stereocenters. The molecule has 1 heterocycles. The second-order valence-electron chi connectivity index (χ2n) is 4.90. The van der Waals surface area contributed by atoms with Crippen molar-refractivity contribution in [3.8, 4) is 0 Å². The lowest BCUT2D eigenvalue weighted by Gasteiger charge is -2.29. The lowest BCUT2D eigenvalue weighted by Crippen LogP contribution is -2.15. The second kappa shape index (κ2) is 4.63. The van der Waals surface area contributed by atoms with Crippen molar-refractivity contribution in [2.45, 2.75) is 26.2 Å². The third-order valence-electron chi connectivity index (χ3n) is 3.69. The SMILES string of the molecule is C=Cc1ccc(P2(=C)CCCCC2)cc1C. The molecule has 0 aliphatic carbocycles. The van der Waals surface area contributed by atoms with Crippen LogP contribution in [0.25, 0.3) is 6.08 Å². The van der Waals surface area contributed by atoms with E-state index in [0.717, 1.165) is 0 Å². The van der Waals surface area contributed by atoms with Gasteiger partial charge in [-0.15, -0.1) is 0 Å². The highest BCUT2D eigenvalue weighted by Gasteiger charge is 2.20. The molecule has 1 aliphatic heterocycles. The first-order chi connectivity index (χ1) is 7.65. The fraction of sp³-hybridized carbons (Fsp3) is 0.400. The predicted molar refractivity (Wildman–Crippen MR) is 78.5 cm³/mol. The Morgan fingerprint density at radius 1 is 1.19 bits per heavy atom. The van der Waals surface area contributed by atoms with Crippen molar-refractivity contribution in [2.75, 3.05) is 12.3 Å². The molecule has 0 nitrogen and oxygen atoms in total. The summed E-state index contributed by atoms with van der Waals surface area (Å²) < 4.78 is 0. The van der Waals surface area contributed by atoms with Crippen molar-refractivity contribution >= 4 is 24.6 Å². The Balaban J connectivity index is 2.36. The van der Waals surface area contributed by atoms with Crippen LogP contribution in [0.1, 0.15) is 30.4 Å². The van der Waals surface area contributed by atoms with E-state index in [4.69, 9.17) is 0 Å². The summed E-state index contributed by atoms with van der Waals surface area (Å²) in [6.07, 6.45) is 13.4. The van der Waals surface area contributed by atoms with E-state index in [1.54, 1.807) is 0 Å². The van der Waals surface area contributed by atoms with Crippen LogP contribution in [0.5, 0.6) is 0 Å². The molecule has 0 N–H and O–H groups in total. The van der Waals surface area contributed by atoms with Crippen molar-refractivity contribution in [3.63, 3.8) is 0 Å². The van der Waals surface area contributed by atoms with Crippen LogP contribution in [0.4, 0.5) is 0 Å². The van der Waals surface area contributed by atoms with Gasteiger partial charge in [-0.1, -0.05) is 50.5 Å². The molecule has 0 atom stereocenters. The first-order valence-electron chi connectivity index (χ1n) is 6.11. The summed E-state index contributed by atoms with van der Waals surface area (Å²) in [5.41, 5.74) is 2.61. The molecule has 1 aliphatic rings. The zero-order chi connectivity index (χ0) is 11.6. The average molecular weight is 232 g/mol. The van der Waals surface area contributed by atoms with Crippen LogP contribution in [0.2, 0.25) is 0 Å². The van der Waals surface area contributed by atoms with E-state index in [1.165, 1.54) is 48.0 Å². The number of hydrogen-bond acceptors (Lipinski definition) is 0. The molecule has 0 bridgehead atoms. The Hall–Kier alpha value is -0.740. The zero-order valence-corrected chi connectivity index (χ0v) is 11.1. The molecule has 0 saturated carbocycles. The fourth-order valence-electron chi connectivity index (χ4n) is 2.56. The topological polar surface area (TPSA) is 0 Å². The molecule has 2 rings (SSSR count). The van der Waals surface area contributed by atoms with E-state index in [-0.39, 0.29) is 0 Å². The van der Waals surface area contributed by atoms with Gasteiger partial charge in [0.15, 0.2) is 0 Å². The summed E-state index contributed by atoms with van der Waals surface area (Å²) in [5.74, 6) is 0. The Kier molecular flexibility index (Phi) is 3.40.